The van der Waals surface area contributed by atoms with Crippen LogP contribution in [0.4, 0.5) is 16.2 Å². The van der Waals surface area contributed by atoms with Gasteiger partial charge in [0.05, 0.1) is 33.8 Å². The Bertz CT molecular complexity index is 1430. The number of rotatable bonds is 5. The third-order valence-corrected chi connectivity index (χ3v) is 7.70. The van der Waals surface area contributed by atoms with Crippen molar-refractivity contribution in [2.24, 2.45) is 0 Å². The van der Waals surface area contributed by atoms with E-state index in [-0.39, 0.29) is 6.03 Å². The van der Waals surface area contributed by atoms with Crippen LogP contribution in [-0.2, 0) is 13.1 Å². The van der Waals surface area contributed by atoms with Gasteiger partial charge in [-0.05, 0) is 41.5 Å². The van der Waals surface area contributed by atoms with Gasteiger partial charge in [0.1, 0.15) is 0 Å². The summed E-state index contributed by atoms with van der Waals surface area (Å²) in [5, 5.41) is 4.44. The number of aromatic nitrogens is 2. The largest absolute Gasteiger partial charge is 0.333 e. The molecule has 0 radical (unpaired) electrons. The fourth-order valence-electron chi connectivity index (χ4n) is 4.99. The van der Waals surface area contributed by atoms with E-state index in [1.54, 1.807) is 23.1 Å². The summed E-state index contributed by atoms with van der Waals surface area (Å²) in [6.07, 6.45) is 5.67. The number of anilines is 2. The summed E-state index contributed by atoms with van der Waals surface area (Å²) >= 11 is 19.8. The van der Waals surface area contributed by atoms with Crippen molar-refractivity contribution in [2.75, 3.05) is 18.0 Å². The normalized spacial score (nSPS) is 16.0. The second-order valence-electron chi connectivity index (χ2n) is 9.04. The van der Waals surface area contributed by atoms with Gasteiger partial charge in [0.15, 0.2) is 0 Å². The minimum atomic E-state index is -0.274. The van der Waals surface area contributed by atoms with Crippen LogP contribution in [0.25, 0.3) is 11.1 Å². The lowest BCUT2D eigenvalue weighted by molar-refractivity contribution is 0.0989. The zero-order chi connectivity index (χ0) is 24.8. The van der Waals surface area contributed by atoms with Crippen molar-refractivity contribution >= 4 is 52.2 Å². The van der Waals surface area contributed by atoms with Crippen molar-refractivity contribution in [3.63, 3.8) is 0 Å². The molecule has 2 aliphatic rings. The lowest BCUT2D eigenvalue weighted by Gasteiger charge is -2.40. The molecule has 0 atom stereocenters. The number of carbonyl (C=O) groups excluding carboxylic acids is 1. The third kappa shape index (κ3) is 4.14. The molecule has 3 heterocycles. The number of fused-ring (bicyclic) bond motifs is 1. The number of benzene rings is 3. The molecule has 1 saturated heterocycles. The molecule has 0 spiro atoms. The standard InChI is InChI=1S/C27H22Cl3N5O/c28-22-5-2-1-4-19(22)20-10-17(13-33-14-18(15-33)34-9-8-31-16-34)11-25-21(20)12-32-27(36)35(25)26-23(29)6-3-7-24(26)30/h1-11,16,18H,12-15H2,(H,32,36). The van der Waals surface area contributed by atoms with E-state index < -0.39 is 0 Å². The van der Waals surface area contributed by atoms with Crippen LogP contribution in [0.3, 0.4) is 0 Å². The highest BCUT2D eigenvalue weighted by Crippen LogP contribution is 2.45. The first-order valence-corrected chi connectivity index (χ1v) is 12.8. The van der Waals surface area contributed by atoms with Crippen LogP contribution in [-0.4, -0.2) is 33.6 Å². The lowest BCUT2D eigenvalue weighted by Crippen LogP contribution is -2.46. The Morgan fingerprint density at radius 3 is 2.42 bits per heavy atom. The molecular weight excluding hydrogens is 517 g/mol. The minimum Gasteiger partial charge on any atom is -0.333 e. The first-order valence-electron chi connectivity index (χ1n) is 11.6. The first kappa shape index (κ1) is 23.4. The molecule has 36 heavy (non-hydrogen) atoms. The predicted molar refractivity (Wildman–Crippen MR) is 144 cm³/mol. The van der Waals surface area contributed by atoms with E-state index in [4.69, 9.17) is 34.8 Å². The molecule has 0 aliphatic carbocycles. The van der Waals surface area contributed by atoms with E-state index in [1.807, 2.05) is 43.0 Å². The van der Waals surface area contributed by atoms with Gasteiger partial charge in [-0.2, -0.15) is 0 Å². The zero-order valence-corrected chi connectivity index (χ0v) is 21.4. The zero-order valence-electron chi connectivity index (χ0n) is 19.2. The van der Waals surface area contributed by atoms with Gasteiger partial charge in [-0.15, -0.1) is 0 Å². The summed E-state index contributed by atoms with van der Waals surface area (Å²) < 4.78 is 2.14. The number of hydrogen-bond acceptors (Lipinski definition) is 3. The van der Waals surface area contributed by atoms with Gasteiger partial charge in [0.25, 0.3) is 0 Å². The third-order valence-electron chi connectivity index (χ3n) is 6.76. The van der Waals surface area contributed by atoms with E-state index in [0.717, 1.165) is 47.6 Å². The monoisotopic (exact) mass is 537 g/mol. The first-order chi connectivity index (χ1) is 17.5. The number of halogens is 3. The van der Waals surface area contributed by atoms with Crippen LogP contribution in [0, 0.1) is 0 Å². The van der Waals surface area contributed by atoms with Gasteiger partial charge in [0, 0.05) is 54.7 Å². The topological polar surface area (TPSA) is 53.4 Å². The van der Waals surface area contributed by atoms with Gasteiger partial charge >= 0.3 is 6.03 Å². The van der Waals surface area contributed by atoms with E-state index >= 15 is 0 Å². The van der Waals surface area contributed by atoms with Crippen molar-refractivity contribution in [1.29, 1.82) is 0 Å². The molecule has 1 fully saturated rings. The molecule has 6 rings (SSSR count). The molecule has 4 aromatic rings. The Hall–Kier alpha value is -3.03. The number of amides is 2. The van der Waals surface area contributed by atoms with Gasteiger partial charge < -0.3 is 9.88 Å². The van der Waals surface area contributed by atoms with Crippen molar-refractivity contribution in [3.8, 4) is 11.1 Å². The van der Waals surface area contributed by atoms with Gasteiger partial charge in [-0.3, -0.25) is 9.80 Å². The second kappa shape index (κ2) is 9.45. The number of urea groups is 1. The lowest BCUT2D eigenvalue weighted by atomic mass is 9.93. The molecule has 6 nitrogen and oxygen atoms in total. The molecule has 1 N–H and O–H groups in total. The Morgan fingerprint density at radius 2 is 1.69 bits per heavy atom. The Labute approximate surface area is 224 Å². The summed E-state index contributed by atoms with van der Waals surface area (Å²) in [5.74, 6) is 0. The number of hydrogen-bond donors (Lipinski definition) is 1. The molecule has 0 unspecified atom stereocenters. The smallest absolute Gasteiger partial charge is 0.326 e. The number of para-hydroxylation sites is 1. The number of nitrogens with zero attached hydrogens (tertiary/aromatic N) is 4. The molecule has 3 aromatic carbocycles. The van der Waals surface area contributed by atoms with Gasteiger partial charge in [-0.25, -0.2) is 9.78 Å². The predicted octanol–water partition coefficient (Wildman–Crippen LogP) is 6.93. The average molecular weight is 539 g/mol. The van der Waals surface area contributed by atoms with Gasteiger partial charge in [0.2, 0.25) is 0 Å². The van der Waals surface area contributed by atoms with Crippen LogP contribution in [0.1, 0.15) is 17.2 Å². The molecule has 0 bridgehead atoms. The van der Waals surface area contributed by atoms with E-state index in [2.05, 4.69) is 31.9 Å². The molecule has 1 aromatic heterocycles. The SMILES string of the molecule is O=C1NCc2c(-c3ccccc3Cl)cc(CN3CC(n4ccnc4)C3)cc2N1c1c(Cl)cccc1Cl. The molecule has 0 saturated carbocycles. The second-order valence-corrected chi connectivity index (χ2v) is 10.3. The highest BCUT2D eigenvalue weighted by Gasteiger charge is 2.33. The van der Waals surface area contributed by atoms with Crippen LogP contribution < -0.4 is 10.2 Å². The number of imidazole rings is 1. The minimum absolute atomic E-state index is 0.274. The van der Waals surface area contributed by atoms with Crippen LogP contribution >= 0.6 is 34.8 Å². The maximum Gasteiger partial charge on any atom is 0.326 e. The maximum absolute atomic E-state index is 13.2. The van der Waals surface area contributed by atoms with Crippen LogP contribution in [0.15, 0.2) is 73.3 Å². The average Bonchev–Trinajstić information content (AvgIpc) is 3.36. The van der Waals surface area contributed by atoms with Crippen molar-refractivity contribution < 1.29 is 4.79 Å². The molecule has 2 aliphatic heterocycles. The molecule has 182 valence electrons. The summed E-state index contributed by atoms with van der Waals surface area (Å²) in [4.78, 5) is 21.3. The van der Waals surface area contributed by atoms with Crippen LogP contribution in [0.2, 0.25) is 15.1 Å². The number of likely N-dealkylation sites (tertiary alicyclic amines) is 1. The Kier molecular flexibility index (Phi) is 6.13. The van der Waals surface area contributed by atoms with E-state index in [1.165, 1.54) is 0 Å². The maximum atomic E-state index is 13.2. The number of carbonyl (C=O) groups is 1. The van der Waals surface area contributed by atoms with Crippen molar-refractivity contribution in [1.82, 2.24) is 19.8 Å². The molecule has 9 heteroatoms. The summed E-state index contributed by atoms with van der Waals surface area (Å²) in [6.45, 7) is 2.96. The van der Waals surface area contributed by atoms with E-state index in [9.17, 15) is 4.79 Å². The fraction of sp³-hybridized carbons (Fsp3) is 0.185. The molecular formula is C27H22Cl3N5O. The van der Waals surface area contributed by atoms with Gasteiger partial charge in [-0.1, -0.05) is 59.1 Å². The highest BCUT2D eigenvalue weighted by molar-refractivity contribution is 6.40. The quantitative estimate of drug-likeness (QED) is 0.300. The van der Waals surface area contributed by atoms with Crippen LogP contribution in [0.5, 0.6) is 0 Å². The fourth-order valence-corrected chi connectivity index (χ4v) is 5.80. The van der Waals surface area contributed by atoms with E-state index in [0.29, 0.717) is 33.3 Å². The summed E-state index contributed by atoms with van der Waals surface area (Å²) in [6, 6.07) is 17.4. The van der Waals surface area contributed by atoms with Crippen molar-refractivity contribution in [2.45, 2.75) is 19.1 Å². The highest BCUT2D eigenvalue weighted by atomic mass is 35.5. The summed E-state index contributed by atoms with van der Waals surface area (Å²) in [5.41, 5.74) is 5.16. The Morgan fingerprint density at radius 1 is 0.944 bits per heavy atom. The number of nitrogens with one attached hydrogen (secondary N) is 1. The summed E-state index contributed by atoms with van der Waals surface area (Å²) in [7, 11) is 0. The Balaban J connectivity index is 1.44. The van der Waals surface area contributed by atoms with Crippen molar-refractivity contribution in [3.05, 3.63) is 99.5 Å². The molecule has 2 amide bonds.